The van der Waals surface area contributed by atoms with E-state index in [0.29, 0.717) is 16.7 Å². The SMILES string of the molecule is COc1ccc(/C=N\NC(=O)C(O)(c2ccccc2)c2ccccc2)cc1OS(=O)(=O)c1ccc(C)cc1. The van der Waals surface area contributed by atoms with E-state index in [-0.39, 0.29) is 16.4 Å². The Balaban J connectivity index is 1.57. The van der Waals surface area contributed by atoms with Crippen LogP contribution < -0.4 is 14.3 Å². The molecule has 0 radical (unpaired) electrons. The lowest BCUT2D eigenvalue weighted by Crippen LogP contribution is -2.43. The molecule has 2 N–H and O–H groups in total. The van der Waals surface area contributed by atoms with Gasteiger partial charge in [-0.1, -0.05) is 78.4 Å². The van der Waals surface area contributed by atoms with Crippen LogP contribution in [0.15, 0.2) is 113 Å². The lowest BCUT2D eigenvalue weighted by molar-refractivity contribution is -0.136. The van der Waals surface area contributed by atoms with E-state index in [1.54, 1.807) is 78.9 Å². The van der Waals surface area contributed by atoms with Crippen LogP contribution in [-0.4, -0.2) is 32.8 Å². The van der Waals surface area contributed by atoms with E-state index >= 15 is 0 Å². The van der Waals surface area contributed by atoms with Crippen LogP contribution in [0.1, 0.15) is 22.3 Å². The molecule has 1 amide bonds. The van der Waals surface area contributed by atoms with Gasteiger partial charge in [0.1, 0.15) is 4.90 Å². The van der Waals surface area contributed by atoms with Crippen molar-refractivity contribution in [3.05, 3.63) is 125 Å². The van der Waals surface area contributed by atoms with Crippen LogP contribution in [0.5, 0.6) is 11.5 Å². The Bertz CT molecular complexity index is 1500. The maximum absolute atomic E-state index is 13.2. The zero-order chi connectivity index (χ0) is 27.2. The van der Waals surface area contributed by atoms with E-state index < -0.39 is 21.6 Å². The molecule has 38 heavy (non-hydrogen) atoms. The van der Waals surface area contributed by atoms with Crippen LogP contribution in [-0.2, 0) is 20.5 Å². The largest absolute Gasteiger partial charge is 0.493 e. The average molecular weight is 531 g/mol. The zero-order valence-electron chi connectivity index (χ0n) is 20.7. The molecule has 0 spiro atoms. The molecule has 0 fully saturated rings. The van der Waals surface area contributed by atoms with Crippen molar-refractivity contribution in [1.29, 1.82) is 0 Å². The van der Waals surface area contributed by atoms with Crippen LogP contribution in [0.3, 0.4) is 0 Å². The number of rotatable bonds is 9. The molecule has 9 heteroatoms. The number of nitrogens with zero attached hydrogens (tertiary/aromatic N) is 1. The van der Waals surface area contributed by atoms with Gasteiger partial charge < -0.3 is 14.0 Å². The predicted octanol–water partition coefficient (Wildman–Crippen LogP) is 4.16. The number of benzene rings is 4. The topological polar surface area (TPSA) is 114 Å². The number of hydrogen-bond acceptors (Lipinski definition) is 7. The number of ether oxygens (including phenoxy) is 1. The van der Waals surface area contributed by atoms with Crippen molar-refractivity contribution in [3.63, 3.8) is 0 Å². The molecule has 4 rings (SSSR count). The number of nitrogens with one attached hydrogen (secondary N) is 1. The quantitative estimate of drug-likeness (QED) is 0.191. The van der Waals surface area contributed by atoms with Crippen LogP contribution in [0.2, 0.25) is 0 Å². The van der Waals surface area contributed by atoms with Crippen molar-refractivity contribution in [3.8, 4) is 11.5 Å². The molecule has 0 unspecified atom stereocenters. The number of hydrogen-bond donors (Lipinski definition) is 2. The maximum atomic E-state index is 13.2. The summed E-state index contributed by atoms with van der Waals surface area (Å²) in [7, 11) is -2.73. The minimum absolute atomic E-state index is 0.00223. The van der Waals surface area contributed by atoms with Gasteiger partial charge in [-0.05, 0) is 53.9 Å². The van der Waals surface area contributed by atoms with E-state index in [1.807, 2.05) is 6.92 Å². The number of hydrazone groups is 1. The van der Waals surface area contributed by atoms with E-state index in [4.69, 9.17) is 8.92 Å². The smallest absolute Gasteiger partial charge is 0.339 e. The first kappa shape index (κ1) is 26.6. The van der Waals surface area contributed by atoms with Crippen LogP contribution in [0.25, 0.3) is 0 Å². The minimum Gasteiger partial charge on any atom is -0.493 e. The number of methoxy groups -OCH3 is 1. The molecular weight excluding hydrogens is 504 g/mol. The highest BCUT2D eigenvalue weighted by Crippen LogP contribution is 2.31. The molecule has 4 aromatic carbocycles. The molecule has 0 bridgehead atoms. The Morgan fingerprint density at radius 3 is 2.00 bits per heavy atom. The molecule has 194 valence electrons. The second kappa shape index (κ2) is 11.3. The lowest BCUT2D eigenvalue weighted by atomic mass is 9.85. The average Bonchev–Trinajstić information content (AvgIpc) is 2.93. The predicted molar refractivity (Wildman–Crippen MR) is 144 cm³/mol. The maximum Gasteiger partial charge on any atom is 0.339 e. The van der Waals surface area contributed by atoms with Crippen LogP contribution >= 0.6 is 0 Å². The van der Waals surface area contributed by atoms with Crippen molar-refractivity contribution in [1.82, 2.24) is 5.43 Å². The van der Waals surface area contributed by atoms with Crippen molar-refractivity contribution < 1.29 is 27.2 Å². The molecule has 0 saturated heterocycles. The Kier molecular flexibility index (Phi) is 7.90. The third-order valence-corrected chi connectivity index (χ3v) is 7.04. The number of carbonyl (C=O) groups is 1. The normalized spacial score (nSPS) is 11.8. The first-order valence-electron chi connectivity index (χ1n) is 11.6. The molecule has 0 aliphatic carbocycles. The molecule has 4 aromatic rings. The van der Waals surface area contributed by atoms with Crippen LogP contribution in [0, 0.1) is 6.92 Å². The van der Waals surface area contributed by atoms with Gasteiger partial charge in [-0.15, -0.1) is 0 Å². The Hall–Kier alpha value is -4.47. The van der Waals surface area contributed by atoms with Crippen molar-refractivity contribution in [2.45, 2.75) is 17.4 Å². The highest BCUT2D eigenvalue weighted by molar-refractivity contribution is 7.87. The fourth-order valence-corrected chi connectivity index (χ4v) is 4.68. The van der Waals surface area contributed by atoms with E-state index in [1.165, 1.54) is 37.6 Å². The summed E-state index contributed by atoms with van der Waals surface area (Å²) >= 11 is 0. The summed E-state index contributed by atoms with van der Waals surface area (Å²) in [6, 6.07) is 27.9. The van der Waals surface area contributed by atoms with Gasteiger partial charge in [-0.3, -0.25) is 4.79 Å². The van der Waals surface area contributed by atoms with E-state index in [2.05, 4.69) is 10.5 Å². The van der Waals surface area contributed by atoms with Crippen LogP contribution in [0.4, 0.5) is 0 Å². The Labute approximate surface area is 221 Å². The molecule has 0 aliphatic heterocycles. The standard InChI is InChI=1S/C29H26N2O6S/c1-21-13-16-25(17-14-21)38(34,35)37-27-19-22(15-18-26(27)36-2)20-30-31-28(32)29(33,23-9-5-3-6-10-23)24-11-7-4-8-12-24/h3-20,33H,1-2H3,(H,31,32)/b30-20-. The third kappa shape index (κ3) is 5.74. The zero-order valence-corrected chi connectivity index (χ0v) is 21.6. The van der Waals surface area contributed by atoms with Gasteiger partial charge >= 0.3 is 10.1 Å². The molecular formula is C29H26N2O6S. The lowest BCUT2D eigenvalue weighted by Gasteiger charge is -2.27. The van der Waals surface area contributed by atoms with E-state index in [9.17, 15) is 18.3 Å². The summed E-state index contributed by atoms with van der Waals surface area (Å²) in [6.07, 6.45) is 1.30. The van der Waals surface area contributed by atoms with Crippen molar-refractivity contribution >= 4 is 22.2 Å². The minimum atomic E-state index is -4.12. The van der Waals surface area contributed by atoms with Crippen molar-refractivity contribution in [2.24, 2.45) is 5.10 Å². The molecule has 0 atom stereocenters. The number of aryl methyl sites for hydroxylation is 1. The Morgan fingerprint density at radius 1 is 0.868 bits per heavy atom. The van der Waals surface area contributed by atoms with Gasteiger partial charge in [0.25, 0.3) is 5.91 Å². The van der Waals surface area contributed by atoms with Gasteiger partial charge in [-0.2, -0.15) is 13.5 Å². The summed E-state index contributed by atoms with van der Waals surface area (Å²) in [5, 5.41) is 15.5. The highest BCUT2D eigenvalue weighted by Gasteiger charge is 2.39. The fourth-order valence-electron chi connectivity index (χ4n) is 3.74. The third-order valence-electron chi connectivity index (χ3n) is 5.79. The first-order chi connectivity index (χ1) is 18.2. The molecule has 8 nitrogen and oxygen atoms in total. The second-order valence-electron chi connectivity index (χ2n) is 8.40. The fraction of sp³-hybridized carbons (Fsp3) is 0.103. The summed E-state index contributed by atoms with van der Waals surface area (Å²) in [5.41, 5.74) is 2.48. The van der Waals surface area contributed by atoms with Gasteiger partial charge in [-0.25, -0.2) is 5.43 Å². The first-order valence-corrected chi connectivity index (χ1v) is 13.0. The van der Waals surface area contributed by atoms with Crippen molar-refractivity contribution in [2.75, 3.05) is 7.11 Å². The van der Waals surface area contributed by atoms with Gasteiger partial charge in [0, 0.05) is 0 Å². The summed E-state index contributed by atoms with van der Waals surface area (Å²) in [5.74, 6) is -0.615. The molecule has 0 heterocycles. The highest BCUT2D eigenvalue weighted by atomic mass is 32.2. The number of carbonyl (C=O) groups excluding carboxylic acids is 1. The van der Waals surface area contributed by atoms with Gasteiger partial charge in [0.05, 0.1) is 13.3 Å². The van der Waals surface area contributed by atoms with Gasteiger partial charge in [0.15, 0.2) is 17.1 Å². The number of aliphatic hydroxyl groups is 1. The molecule has 0 aromatic heterocycles. The molecule has 0 aliphatic rings. The Morgan fingerprint density at radius 2 is 1.45 bits per heavy atom. The monoisotopic (exact) mass is 530 g/mol. The molecule has 0 saturated carbocycles. The summed E-state index contributed by atoms with van der Waals surface area (Å²) < 4.78 is 36.2. The summed E-state index contributed by atoms with van der Waals surface area (Å²) in [6.45, 7) is 1.85. The second-order valence-corrected chi connectivity index (χ2v) is 9.95. The summed E-state index contributed by atoms with van der Waals surface area (Å²) in [4.78, 5) is 13.2. The van der Waals surface area contributed by atoms with E-state index in [0.717, 1.165) is 5.56 Å². The number of amides is 1. The van der Waals surface area contributed by atoms with Gasteiger partial charge in [0.2, 0.25) is 0 Å².